The quantitative estimate of drug-likeness (QED) is 0.782. The first-order valence-electron chi connectivity index (χ1n) is 9.13. The number of carbonyl (C=O) groups excluding carboxylic acids is 1. The van der Waals surface area contributed by atoms with E-state index >= 15 is 0 Å². The smallest absolute Gasteiger partial charge is 0.221 e. The molecule has 0 aliphatic carbocycles. The summed E-state index contributed by atoms with van der Waals surface area (Å²) in [6.45, 7) is 2.03. The van der Waals surface area contributed by atoms with Gasteiger partial charge in [-0.1, -0.05) is 48.2 Å². The van der Waals surface area contributed by atoms with E-state index in [2.05, 4.69) is 29.6 Å². The van der Waals surface area contributed by atoms with E-state index in [1.807, 2.05) is 30.3 Å². The zero-order valence-electron chi connectivity index (χ0n) is 14.9. The highest BCUT2D eigenvalue weighted by atomic mass is 32.2. The molecule has 1 aliphatic heterocycles. The Morgan fingerprint density at radius 1 is 1.12 bits per heavy atom. The van der Waals surface area contributed by atoms with Gasteiger partial charge in [-0.3, -0.25) is 4.79 Å². The maximum atomic E-state index is 12.3. The lowest BCUT2D eigenvalue weighted by atomic mass is 9.90. The standard InChI is InChI=1S/C21H26N2O2S/c22-19(16-10-12-25-13-11-16)14-21(24)23-15-17-6-4-5-9-20(17)26-18-7-2-1-3-8-18/h1-9,16,19H,10-15,22H2,(H,23,24). The van der Waals surface area contributed by atoms with E-state index in [0.29, 0.717) is 18.9 Å². The molecule has 0 radical (unpaired) electrons. The number of hydrogen-bond donors (Lipinski definition) is 2. The molecule has 1 aliphatic rings. The van der Waals surface area contributed by atoms with Crippen molar-refractivity contribution in [2.24, 2.45) is 11.7 Å². The molecule has 138 valence electrons. The van der Waals surface area contributed by atoms with Gasteiger partial charge in [0.1, 0.15) is 0 Å². The summed E-state index contributed by atoms with van der Waals surface area (Å²) in [7, 11) is 0. The molecule has 1 unspecified atom stereocenters. The molecule has 0 aromatic heterocycles. The number of benzene rings is 2. The van der Waals surface area contributed by atoms with Crippen molar-refractivity contribution in [1.82, 2.24) is 5.32 Å². The number of carbonyl (C=O) groups is 1. The van der Waals surface area contributed by atoms with Crippen LogP contribution in [0.25, 0.3) is 0 Å². The SMILES string of the molecule is NC(CC(=O)NCc1ccccc1Sc1ccccc1)C1CCOCC1. The lowest BCUT2D eigenvalue weighted by Gasteiger charge is -2.27. The lowest BCUT2D eigenvalue weighted by Crippen LogP contribution is -2.39. The molecule has 1 fully saturated rings. The molecule has 3 N–H and O–H groups in total. The fourth-order valence-electron chi connectivity index (χ4n) is 3.16. The van der Waals surface area contributed by atoms with E-state index in [4.69, 9.17) is 10.5 Å². The van der Waals surface area contributed by atoms with Crippen LogP contribution in [0.3, 0.4) is 0 Å². The van der Waals surface area contributed by atoms with E-state index in [-0.39, 0.29) is 11.9 Å². The molecule has 0 bridgehead atoms. The zero-order chi connectivity index (χ0) is 18.2. The minimum Gasteiger partial charge on any atom is -0.381 e. The van der Waals surface area contributed by atoms with Crippen LogP contribution >= 0.6 is 11.8 Å². The van der Waals surface area contributed by atoms with Crippen molar-refractivity contribution in [3.05, 3.63) is 60.2 Å². The topological polar surface area (TPSA) is 64.4 Å². The van der Waals surface area contributed by atoms with E-state index in [0.717, 1.165) is 36.5 Å². The van der Waals surface area contributed by atoms with Gasteiger partial charge < -0.3 is 15.8 Å². The maximum Gasteiger partial charge on any atom is 0.221 e. The fraction of sp³-hybridized carbons (Fsp3) is 0.381. The Morgan fingerprint density at radius 3 is 2.58 bits per heavy atom. The average molecular weight is 371 g/mol. The molecule has 26 heavy (non-hydrogen) atoms. The fourth-order valence-corrected chi connectivity index (χ4v) is 4.12. The molecule has 1 amide bonds. The number of nitrogens with two attached hydrogens (primary N) is 1. The molecule has 2 aromatic rings. The van der Waals surface area contributed by atoms with E-state index < -0.39 is 0 Å². The Bertz CT molecular complexity index is 702. The van der Waals surface area contributed by atoms with E-state index in [1.165, 1.54) is 4.90 Å². The van der Waals surface area contributed by atoms with Crippen LogP contribution in [0.4, 0.5) is 0 Å². The Morgan fingerprint density at radius 2 is 1.81 bits per heavy atom. The molecule has 1 saturated heterocycles. The molecule has 0 saturated carbocycles. The summed E-state index contributed by atoms with van der Waals surface area (Å²) < 4.78 is 5.36. The summed E-state index contributed by atoms with van der Waals surface area (Å²) in [5.74, 6) is 0.402. The molecule has 2 aromatic carbocycles. The molecule has 1 heterocycles. The van der Waals surface area contributed by atoms with Crippen LogP contribution in [-0.2, 0) is 16.1 Å². The number of hydrogen-bond acceptors (Lipinski definition) is 4. The summed E-state index contributed by atoms with van der Waals surface area (Å²) in [6, 6.07) is 18.3. The molecule has 1 atom stereocenters. The Labute approximate surface area is 159 Å². The largest absolute Gasteiger partial charge is 0.381 e. The van der Waals surface area contributed by atoms with Crippen LogP contribution in [0.2, 0.25) is 0 Å². The maximum absolute atomic E-state index is 12.3. The molecule has 5 heteroatoms. The van der Waals surface area contributed by atoms with Crippen molar-refractivity contribution in [1.29, 1.82) is 0 Å². The second-order valence-electron chi connectivity index (χ2n) is 6.62. The number of ether oxygens (including phenoxy) is 1. The third-order valence-corrected chi connectivity index (χ3v) is 5.84. The minimum atomic E-state index is -0.0900. The molecule has 0 spiro atoms. The monoisotopic (exact) mass is 370 g/mol. The van der Waals surface area contributed by atoms with Gasteiger partial charge in [0.25, 0.3) is 0 Å². The third-order valence-electron chi connectivity index (χ3n) is 4.71. The van der Waals surface area contributed by atoms with Gasteiger partial charge in [0.15, 0.2) is 0 Å². The Hall–Kier alpha value is -1.82. The van der Waals surface area contributed by atoms with Crippen LogP contribution in [-0.4, -0.2) is 25.2 Å². The number of rotatable bonds is 7. The summed E-state index contributed by atoms with van der Waals surface area (Å²) in [5.41, 5.74) is 7.35. The second kappa shape index (κ2) is 9.76. The van der Waals surface area contributed by atoms with Crippen LogP contribution in [0.1, 0.15) is 24.8 Å². The summed E-state index contributed by atoms with van der Waals surface area (Å²) in [6.07, 6.45) is 2.27. The average Bonchev–Trinajstić information content (AvgIpc) is 2.69. The van der Waals surface area contributed by atoms with Crippen molar-refractivity contribution in [2.45, 2.75) is 41.6 Å². The zero-order valence-corrected chi connectivity index (χ0v) is 15.7. The van der Waals surface area contributed by atoms with Gasteiger partial charge >= 0.3 is 0 Å². The first kappa shape index (κ1) is 19.0. The van der Waals surface area contributed by atoms with Gasteiger partial charge in [-0.25, -0.2) is 0 Å². The summed E-state index contributed by atoms with van der Waals surface area (Å²) >= 11 is 1.71. The van der Waals surface area contributed by atoms with Crippen molar-refractivity contribution < 1.29 is 9.53 Å². The van der Waals surface area contributed by atoms with Crippen molar-refractivity contribution in [3.8, 4) is 0 Å². The van der Waals surface area contributed by atoms with Gasteiger partial charge in [0.2, 0.25) is 5.91 Å². The molecule has 4 nitrogen and oxygen atoms in total. The van der Waals surface area contributed by atoms with Crippen molar-refractivity contribution >= 4 is 17.7 Å². The van der Waals surface area contributed by atoms with Crippen molar-refractivity contribution in [3.63, 3.8) is 0 Å². The summed E-state index contributed by atoms with van der Waals surface area (Å²) in [4.78, 5) is 14.7. The lowest BCUT2D eigenvalue weighted by molar-refractivity contribution is -0.122. The predicted molar refractivity (Wildman–Crippen MR) is 105 cm³/mol. The van der Waals surface area contributed by atoms with Gasteiger partial charge in [0.05, 0.1) is 0 Å². The predicted octanol–water partition coefficient (Wildman–Crippen LogP) is 3.60. The first-order chi connectivity index (χ1) is 12.7. The van der Waals surface area contributed by atoms with Gasteiger partial charge in [-0.2, -0.15) is 0 Å². The van der Waals surface area contributed by atoms with Crippen LogP contribution in [0, 0.1) is 5.92 Å². The van der Waals surface area contributed by atoms with Crippen LogP contribution in [0.5, 0.6) is 0 Å². The van der Waals surface area contributed by atoms with Gasteiger partial charge in [-0.05, 0) is 42.5 Å². The molecular formula is C21H26N2O2S. The first-order valence-corrected chi connectivity index (χ1v) is 9.95. The van der Waals surface area contributed by atoms with E-state index in [9.17, 15) is 4.79 Å². The molecule has 3 rings (SSSR count). The Balaban J connectivity index is 1.53. The van der Waals surface area contributed by atoms with Gasteiger partial charge in [-0.15, -0.1) is 0 Å². The number of nitrogens with one attached hydrogen (secondary N) is 1. The highest BCUT2D eigenvalue weighted by Crippen LogP contribution is 2.30. The Kier molecular flexibility index (Phi) is 7.12. The normalized spacial score (nSPS) is 16.2. The highest BCUT2D eigenvalue weighted by Gasteiger charge is 2.23. The highest BCUT2D eigenvalue weighted by molar-refractivity contribution is 7.99. The molecular weight excluding hydrogens is 344 g/mol. The van der Waals surface area contributed by atoms with Crippen LogP contribution < -0.4 is 11.1 Å². The van der Waals surface area contributed by atoms with Crippen molar-refractivity contribution in [2.75, 3.05) is 13.2 Å². The third kappa shape index (κ3) is 5.59. The van der Waals surface area contributed by atoms with E-state index in [1.54, 1.807) is 11.8 Å². The van der Waals surface area contributed by atoms with Crippen LogP contribution in [0.15, 0.2) is 64.4 Å². The second-order valence-corrected chi connectivity index (χ2v) is 7.73. The number of amides is 1. The van der Waals surface area contributed by atoms with Gasteiger partial charge in [0, 0.05) is 42.0 Å². The minimum absolute atomic E-state index is 0.0171. The summed E-state index contributed by atoms with van der Waals surface area (Å²) in [5, 5.41) is 3.03.